The molecule has 80 heavy (non-hydrogen) atoms. The predicted molar refractivity (Wildman–Crippen MR) is 281 cm³/mol. The number of carbonyl (C=O) groups excluding carboxylic acids is 2. The number of pyridine rings is 3. The molecule has 10 aromatic rings. The molecule has 0 amide bonds. The zero-order valence-corrected chi connectivity index (χ0v) is 45.5. The second-order valence-electron chi connectivity index (χ2n) is 17.1. The summed E-state index contributed by atoms with van der Waals surface area (Å²) in [6.45, 7) is 3.85. The number of rotatable bonds is 17. The molecular weight excluding hydrogens is 1200 g/mol. The first-order valence-corrected chi connectivity index (χ1v) is 26.5. The van der Waals surface area contributed by atoms with Crippen LogP contribution in [-0.2, 0) is 47.8 Å². The van der Waals surface area contributed by atoms with Crippen LogP contribution in [0.2, 0.25) is 0 Å². The number of carbonyl (C=O) groups is 2. The SMILES string of the molecule is CCCCCCc1ccc(-c2nc(-c3cc(C(F)(F)F)n[n-]3)nc(-c3cc(C(F)(F)F)n[n-]3)n2)cc1.O=COc1ccnc(-c2cc(OC=O)cc(-c3cc(-c4ccc(-c5sc(-c6cccs6)c6c5OCCO6)s4)ccn3)n2)c1.[Ru+2]. The van der Waals surface area contributed by atoms with Gasteiger partial charge < -0.3 is 39.3 Å². The number of fused-ring (bicyclic) bond motifs is 1. The van der Waals surface area contributed by atoms with E-state index in [0.717, 1.165) is 79.1 Å². The van der Waals surface area contributed by atoms with Crippen molar-refractivity contribution in [2.45, 2.75) is 51.4 Å². The number of aromatic nitrogens is 10. The van der Waals surface area contributed by atoms with Crippen LogP contribution >= 0.6 is 34.0 Å². The standard InChI is InChI=1S/C31H19N3O6S3.C23H19F6N7.Ru/c35-16-39-19-6-8-33-22(13-19)24-15-20(40-17-36)14-23(34-24)21-12-18(5-7-32-21)25-3-4-27(42-25)31-29-28(37-9-10-38-29)30(43-31)26-2-1-11-41-26;1-2-3-4-5-6-13-7-9-14(10-8-13)19-30-20(15-11-17(35-33-15)22(24,25)26)32-21(31-19)16-12-18(36-34-16)23(27,28)29;/h1-8,11-17H,9-10H2;7-12H,2-6H2,1H3;/q;-2;+2. The molecule has 1 aromatic carbocycles. The molecule has 0 bridgehead atoms. The number of nitrogens with zero attached hydrogens (tertiary/aromatic N) is 10. The van der Waals surface area contributed by atoms with E-state index in [0.29, 0.717) is 72.4 Å². The Balaban J connectivity index is 0.000000195. The fourth-order valence-corrected chi connectivity index (χ4v) is 11.1. The summed E-state index contributed by atoms with van der Waals surface area (Å²) in [7, 11) is 0. The van der Waals surface area contributed by atoms with Crippen molar-refractivity contribution in [2.24, 2.45) is 0 Å². The van der Waals surface area contributed by atoms with Gasteiger partial charge in [-0.05, 0) is 77.9 Å². The van der Waals surface area contributed by atoms with Gasteiger partial charge in [0.1, 0.15) is 47.7 Å². The van der Waals surface area contributed by atoms with Crippen LogP contribution in [0.5, 0.6) is 23.0 Å². The molecule has 1 aliphatic rings. The average molecular weight is 1230 g/mol. The Kier molecular flexibility index (Phi) is 17.7. The Labute approximate surface area is 475 Å². The largest absolute Gasteiger partial charge is 2.00 e. The van der Waals surface area contributed by atoms with Crippen molar-refractivity contribution >= 4 is 47.0 Å². The van der Waals surface area contributed by atoms with Crippen molar-refractivity contribution in [2.75, 3.05) is 13.2 Å². The van der Waals surface area contributed by atoms with Crippen molar-refractivity contribution in [3.63, 3.8) is 0 Å². The van der Waals surface area contributed by atoms with Crippen LogP contribution in [0, 0.1) is 0 Å². The van der Waals surface area contributed by atoms with E-state index < -0.39 is 23.7 Å². The van der Waals surface area contributed by atoms with Gasteiger partial charge in [-0.3, -0.25) is 19.6 Å². The van der Waals surface area contributed by atoms with Crippen LogP contribution in [-0.4, -0.2) is 66.3 Å². The first-order valence-electron chi connectivity index (χ1n) is 24.0. The van der Waals surface area contributed by atoms with E-state index in [1.54, 1.807) is 76.6 Å². The Hall–Kier alpha value is -8.06. The van der Waals surface area contributed by atoms with Crippen molar-refractivity contribution < 1.29 is 74.4 Å². The number of hydrogen-bond donors (Lipinski definition) is 0. The third-order valence-corrected chi connectivity index (χ3v) is 15.2. The predicted octanol–water partition coefficient (Wildman–Crippen LogP) is 13.0. The van der Waals surface area contributed by atoms with Gasteiger partial charge in [0.25, 0.3) is 12.9 Å². The van der Waals surface area contributed by atoms with Gasteiger partial charge in [0, 0.05) is 50.8 Å². The smallest absolute Gasteiger partial charge is 0.572 e. The molecule has 0 aliphatic carbocycles. The van der Waals surface area contributed by atoms with Crippen molar-refractivity contribution in [3.8, 4) is 110 Å². The molecule has 0 saturated heterocycles. The maximum absolute atomic E-state index is 13.0. The van der Waals surface area contributed by atoms with E-state index in [1.807, 2.05) is 30.3 Å². The van der Waals surface area contributed by atoms with E-state index >= 15 is 0 Å². The summed E-state index contributed by atoms with van der Waals surface area (Å²) in [4.78, 5) is 53.4. The second-order valence-corrected chi connectivity index (χ2v) is 20.2. The molecule has 0 fully saturated rings. The van der Waals surface area contributed by atoms with Crippen LogP contribution in [0.4, 0.5) is 26.3 Å². The quantitative estimate of drug-likeness (QED) is 0.0360. The number of thiophene rings is 3. The van der Waals surface area contributed by atoms with Gasteiger partial charge in [-0.25, -0.2) is 19.9 Å². The number of ether oxygens (including phenoxy) is 4. The fraction of sp³-hybridized carbons (Fsp3) is 0.185. The second kappa shape index (κ2) is 24.9. The number of hydrogen-bond acceptors (Lipinski definition) is 17. The molecule has 0 unspecified atom stereocenters. The van der Waals surface area contributed by atoms with Gasteiger partial charge in [0.15, 0.2) is 17.3 Å². The molecule has 16 nitrogen and oxygen atoms in total. The Morgan fingerprint density at radius 1 is 0.588 bits per heavy atom. The van der Waals surface area contributed by atoms with Crippen molar-refractivity contribution in [1.29, 1.82) is 0 Å². The molecule has 0 saturated carbocycles. The van der Waals surface area contributed by atoms with Crippen molar-refractivity contribution in [3.05, 3.63) is 132 Å². The van der Waals surface area contributed by atoms with E-state index in [4.69, 9.17) is 23.9 Å². The van der Waals surface area contributed by atoms with Gasteiger partial charge in [0.05, 0.1) is 32.5 Å². The van der Waals surface area contributed by atoms with Crippen molar-refractivity contribution in [1.82, 2.24) is 50.3 Å². The monoisotopic (exact) mass is 1230 g/mol. The van der Waals surface area contributed by atoms with Gasteiger partial charge >= 0.3 is 31.8 Å². The summed E-state index contributed by atoms with van der Waals surface area (Å²) in [5.74, 6) is 1.63. The minimum atomic E-state index is -4.74. The van der Waals surface area contributed by atoms with E-state index in [1.165, 1.54) is 6.20 Å². The third kappa shape index (κ3) is 13.2. The number of aryl methyl sites for hydroxylation is 1. The van der Waals surface area contributed by atoms with E-state index in [2.05, 4.69) is 75.8 Å². The molecule has 0 spiro atoms. The molecule has 1 aliphatic heterocycles. The van der Waals surface area contributed by atoms with Gasteiger partial charge in [-0.2, -0.15) is 26.3 Å². The summed E-state index contributed by atoms with van der Waals surface area (Å²) in [5, 5.41) is 15.3. The summed E-state index contributed by atoms with van der Waals surface area (Å²) in [5.41, 5.74) is 1.32. The molecule has 11 rings (SSSR count). The first kappa shape index (κ1) is 56.7. The van der Waals surface area contributed by atoms with Crippen LogP contribution in [0.3, 0.4) is 0 Å². The molecule has 26 heteroatoms. The molecular formula is C54H38F6N10O6RuS3. The summed E-state index contributed by atoms with van der Waals surface area (Å²) in [6.07, 6.45) is -0.974. The minimum Gasteiger partial charge on any atom is -0.572 e. The van der Waals surface area contributed by atoms with Gasteiger partial charge in [0.2, 0.25) is 0 Å². The number of alkyl halides is 6. The molecule has 0 N–H and O–H groups in total. The summed E-state index contributed by atoms with van der Waals surface area (Å²) >= 11 is 5.01. The molecule has 0 atom stereocenters. The van der Waals surface area contributed by atoms with Gasteiger partial charge in [-0.15, -0.1) is 34.0 Å². The van der Waals surface area contributed by atoms with Gasteiger partial charge in [-0.1, -0.05) is 67.9 Å². The van der Waals surface area contributed by atoms with E-state index in [9.17, 15) is 35.9 Å². The first-order chi connectivity index (χ1) is 38.2. The Bertz CT molecular complexity index is 3690. The maximum Gasteiger partial charge on any atom is 2.00 e. The third-order valence-electron chi connectivity index (χ3n) is 11.7. The fourth-order valence-electron chi connectivity index (χ4n) is 7.99. The zero-order chi connectivity index (χ0) is 55.1. The number of halogens is 6. The summed E-state index contributed by atoms with van der Waals surface area (Å²) in [6, 6.07) is 27.0. The number of unbranched alkanes of at least 4 members (excludes halogenated alkanes) is 3. The minimum absolute atomic E-state index is 0. The summed E-state index contributed by atoms with van der Waals surface area (Å²) < 4.78 is 100. The Morgan fingerprint density at radius 3 is 1.75 bits per heavy atom. The average Bonchev–Trinajstić information content (AvgIpc) is 4.35. The van der Waals surface area contributed by atoms with Crippen LogP contribution in [0.1, 0.15) is 49.6 Å². The normalized spacial score (nSPS) is 12.0. The zero-order valence-electron chi connectivity index (χ0n) is 41.3. The van der Waals surface area contributed by atoms with Crippen LogP contribution in [0.15, 0.2) is 115 Å². The topological polar surface area (TPSA) is 202 Å². The number of benzene rings is 1. The Morgan fingerprint density at radius 2 is 1.16 bits per heavy atom. The molecule has 9 aromatic heterocycles. The molecule has 0 radical (unpaired) electrons. The molecule has 408 valence electrons. The maximum atomic E-state index is 13.0. The van der Waals surface area contributed by atoms with Crippen LogP contribution < -0.4 is 29.1 Å². The molecule has 10 heterocycles. The van der Waals surface area contributed by atoms with E-state index in [-0.39, 0.29) is 54.1 Å². The van der Waals surface area contributed by atoms with Crippen LogP contribution in [0.25, 0.3) is 87.1 Å².